The first kappa shape index (κ1) is 22.3. The third-order valence-electron chi connectivity index (χ3n) is 4.92. The number of anilines is 1. The first-order chi connectivity index (χ1) is 15.3. The van der Waals surface area contributed by atoms with Gasteiger partial charge in [0.2, 0.25) is 0 Å². The minimum absolute atomic E-state index is 0.295. The van der Waals surface area contributed by atoms with Gasteiger partial charge in [-0.05, 0) is 30.9 Å². The Morgan fingerprint density at radius 2 is 1.91 bits per heavy atom. The van der Waals surface area contributed by atoms with E-state index in [4.69, 9.17) is 22.1 Å². The van der Waals surface area contributed by atoms with Gasteiger partial charge >= 0.3 is 5.97 Å². The van der Waals surface area contributed by atoms with Crippen molar-refractivity contribution in [2.24, 2.45) is 5.73 Å². The summed E-state index contributed by atoms with van der Waals surface area (Å²) in [5.41, 5.74) is 6.68. The lowest BCUT2D eigenvalue weighted by atomic mass is 10.1. The zero-order valence-corrected chi connectivity index (χ0v) is 19.0. The molecule has 1 aliphatic rings. The number of benzene rings is 1. The second-order valence-corrected chi connectivity index (χ2v) is 9.59. The highest BCUT2D eigenvalue weighted by atomic mass is 35.5. The standard InChI is InChI=1S/C21H18ClN3O5S2/c22-17-11-4-1-2-6-13(11)31-18(17)20(29)24-8-15(27)30-9-14(26)25-21-16(19(23)28)10-5-3-7-12(10)32-21/h1-2,4,6H,3,5,7-9H2,(H2,23,28)(H,24,29)(H,25,26). The van der Waals surface area contributed by atoms with E-state index in [1.165, 1.54) is 22.7 Å². The Labute approximate surface area is 195 Å². The fourth-order valence-corrected chi connectivity index (χ4v) is 6.25. The van der Waals surface area contributed by atoms with Gasteiger partial charge in [-0.3, -0.25) is 19.2 Å². The number of amides is 3. The van der Waals surface area contributed by atoms with Crippen LogP contribution in [-0.4, -0.2) is 36.8 Å². The topological polar surface area (TPSA) is 128 Å². The monoisotopic (exact) mass is 491 g/mol. The fraction of sp³-hybridized carbons (Fsp3) is 0.238. The number of ether oxygens (including phenoxy) is 1. The van der Waals surface area contributed by atoms with E-state index in [9.17, 15) is 19.2 Å². The van der Waals surface area contributed by atoms with Crippen LogP contribution in [0.3, 0.4) is 0 Å². The van der Waals surface area contributed by atoms with Gasteiger partial charge in [-0.2, -0.15) is 0 Å². The Bertz CT molecular complexity index is 1250. The number of nitrogens with one attached hydrogen (secondary N) is 2. The SMILES string of the molecule is NC(=O)c1c(NC(=O)COC(=O)CNC(=O)c2sc3ccccc3c2Cl)sc2c1CCC2. The van der Waals surface area contributed by atoms with Gasteiger partial charge in [-0.1, -0.05) is 29.8 Å². The van der Waals surface area contributed by atoms with Gasteiger partial charge in [-0.15, -0.1) is 22.7 Å². The van der Waals surface area contributed by atoms with Crippen molar-refractivity contribution in [3.8, 4) is 0 Å². The van der Waals surface area contributed by atoms with E-state index in [1.54, 1.807) is 0 Å². The first-order valence-corrected chi connectivity index (χ1v) is 11.7. The highest BCUT2D eigenvalue weighted by Crippen LogP contribution is 2.39. The summed E-state index contributed by atoms with van der Waals surface area (Å²) in [4.78, 5) is 49.6. The Kier molecular flexibility index (Phi) is 6.45. The number of carbonyl (C=O) groups is 4. The molecule has 0 bridgehead atoms. The predicted octanol–water partition coefficient (Wildman–Crippen LogP) is 3.12. The Hall–Kier alpha value is -2.95. The molecule has 1 aromatic carbocycles. The number of nitrogens with two attached hydrogens (primary N) is 1. The zero-order valence-electron chi connectivity index (χ0n) is 16.7. The second-order valence-electron chi connectivity index (χ2n) is 7.06. The van der Waals surface area contributed by atoms with Gasteiger partial charge in [0.15, 0.2) is 6.61 Å². The molecule has 0 unspecified atom stereocenters. The van der Waals surface area contributed by atoms with Crippen LogP contribution in [0.15, 0.2) is 24.3 Å². The van der Waals surface area contributed by atoms with Crippen LogP contribution in [0.1, 0.15) is 36.9 Å². The Balaban J connectivity index is 1.29. The summed E-state index contributed by atoms with van der Waals surface area (Å²) in [6.45, 7) is -0.977. The van der Waals surface area contributed by atoms with Gasteiger partial charge < -0.3 is 21.1 Å². The molecule has 2 aromatic heterocycles. The predicted molar refractivity (Wildman–Crippen MR) is 124 cm³/mol. The van der Waals surface area contributed by atoms with E-state index >= 15 is 0 Å². The summed E-state index contributed by atoms with van der Waals surface area (Å²) in [5.74, 6) is -2.48. The molecule has 3 aromatic rings. The lowest BCUT2D eigenvalue weighted by Crippen LogP contribution is -2.32. The molecular formula is C21H18ClN3O5S2. The maximum Gasteiger partial charge on any atom is 0.325 e. The number of thiophene rings is 2. The largest absolute Gasteiger partial charge is 0.454 e. The molecule has 166 valence electrons. The van der Waals surface area contributed by atoms with E-state index in [1.807, 2.05) is 24.3 Å². The lowest BCUT2D eigenvalue weighted by molar-refractivity contribution is -0.146. The number of primary amides is 1. The van der Waals surface area contributed by atoms with Crippen molar-refractivity contribution in [3.05, 3.63) is 50.2 Å². The van der Waals surface area contributed by atoms with Gasteiger partial charge in [0.05, 0.1) is 10.6 Å². The first-order valence-electron chi connectivity index (χ1n) is 9.70. The summed E-state index contributed by atoms with van der Waals surface area (Å²) in [6, 6.07) is 7.32. The molecule has 0 fully saturated rings. The normalized spacial score (nSPS) is 12.4. The molecule has 0 spiro atoms. The van der Waals surface area contributed by atoms with Crippen molar-refractivity contribution < 1.29 is 23.9 Å². The van der Waals surface area contributed by atoms with E-state index in [2.05, 4.69) is 10.6 Å². The molecule has 0 saturated carbocycles. The zero-order chi connectivity index (χ0) is 22.8. The summed E-state index contributed by atoms with van der Waals surface area (Å²) in [6.07, 6.45) is 2.54. The maximum absolute atomic E-state index is 12.4. The molecule has 11 heteroatoms. The van der Waals surface area contributed by atoms with Gasteiger partial charge in [0.1, 0.15) is 16.4 Å². The van der Waals surface area contributed by atoms with Crippen molar-refractivity contribution in [1.82, 2.24) is 5.32 Å². The molecule has 0 saturated heterocycles. The van der Waals surface area contributed by atoms with Crippen LogP contribution in [0.4, 0.5) is 5.00 Å². The number of halogens is 1. The molecule has 4 rings (SSSR count). The van der Waals surface area contributed by atoms with Crippen molar-refractivity contribution >= 4 is 73.1 Å². The van der Waals surface area contributed by atoms with E-state index < -0.39 is 36.8 Å². The minimum atomic E-state index is -0.783. The number of carbonyl (C=O) groups excluding carboxylic acids is 4. The second kappa shape index (κ2) is 9.27. The molecule has 8 nitrogen and oxygen atoms in total. The molecule has 32 heavy (non-hydrogen) atoms. The molecule has 0 atom stereocenters. The maximum atomic E-state index is 12.4. The van der Waals surface area contributed by atoms with Crippen LogP contribution < -0.4 is 16.4 Å². The summed E-state index contributed by atoms with van der Waals surface area (Å²) in [7, 11) is 0. The molecule has 3 amide bonds. The average Bonchev–Trinajstić information content (AvgIpc) is 3.43. The highest BCUT2D eigenvalue weighted by Gasteiger charge is 2.26. The third-order valence-corrected chi connectivity index (χ3v) is 7.80. The van der Waals surface area contributed by atoms with Crippen LogP contribution >= 0.6 is 34.3 Å². The number of esters is 1. The minimum Gasteiger partial charge on any atom is -0.454 e. The van der Waals surface area contributed by atoms with Crippen molar-refractivity contribution in [2.75, 3.05) is 18.5 Å². The van der Waals surface area contributed by atoms with Crippen LogP contribution in [0.5, 0.6) is 0 Å². The van der Waals surface area contributed by atoms with Crippen LogP contribution in [0.2, 0.25) is 5.02 Å². The van der Waals surface area contributed by atoms with Crippen molar-refractivity contribution in [2.45, 2.75) is 19.3 Å². The molecule has 4 N–H and O–H groups in total. The van der Waals surface area contributed by atoms with Gasteiger partial charge in [0, 0.05) is 15.0 Å². The highest BCUT2D eigenvalue weighted by molar-refractivity contribution is 7.21. The van der Waals surface area contributed by atoms with E-state index in [-0.39, 0.29) is 0 Å². The van der Waals surface area contributed by atoms with Crippen LogP contribution in [0.25, 0.3) is 10.1 Å². The van der Waals surface area contributed by atoms with Crippen LogP contribution in [0, 0.1) is 0 Å². The van der Waals surface area contributed by atoms with Gasteiger partial charge in [-0.25, -0.2) is 0 Å². The third kappa shape index (κ3) is 4.47. The summed E-state index contributed by atoms with van der Waals surface area (Å²) >= 11 is 8.79. The molecule has 0 aliphatic heterocycles. The molecular weight excluding hydrogens is 474 g/mol. The lowest BCUT2D eigenvalue weighted by Gasteiger charge is -2.08. The van der Waals surface area contributed by atoms with E-state index in [0.717, 1.165) is 39.8 Å². The smallest absolute Gasteiger partial charge is 0.325 e. The van der Waals surface area contributed by atoms with Crippen molar-refractivity contribution in [1.29, 1.82) is 0 Å². The summed E-state index contributed by atoms with van der Waals surface area (Å²) in [5, 5.41) is 6.49. The quantitative estimate of drug-likeness (QED) is 0.437. The molecule has 1 aliphatic carbocycles. The molecule has 0 radical (unpaired) electrons. The number of hydrogen-bond donors (Lipinski definition) is 3. The number of aryl methyl sites for hydroxylation is 1. The van der Waals surface area contributed by atoms with Gasteiger partial charge in [0.25, 0.3) is 17.7 Å². The number of fused-ring (bicyclic) bond motifs is 2. The Morgan fingerprint density at radius 1 is 1.12 bits per heavy atom. The number of rotatable bonds is 7. The van der Waals surface area contributed by atoms with Crippen LogP contribution in [-0.2, 0) is 27.2 Å². The van der Waals surface area contributed by atoms with E-state index in [0.29, 0.717) is 20.5 Å². The van der Waals surface area contributed by atoms with Crippen molar-refractivity contribution in [3.63, 3.8) is 0 Å². The molecule has 2 heterocycles. The number of hydrogen-bond acceptors (Lipinski definition) is 7. The average molecular weight is 492 g/mol. The summed E-state index contributed by atoms with van der Waals surface area (Å²) < 4.78 is 5.78. The fourth-order valence-electron chi connectivity index (χ4n) is 3.51. The Morgan fingerprint density at radius 3 is 2.66 bits per heavy atom.